The third-order valence-corrected chi connectivity index (χ3v) is 3.39. The highest BCUT2D eigenvalue weighted by Crippen LogP contribution is 2.32. The standard InChI is InChI=1S/C15H13ClN2O2/c1-3-19-14-8-17-5-4-10(14)15-18-12-6-9(2)11(16)7-13(12)20-15/h4-8H,3H2,1-2H3. The van der Waals surface area contributed by atoms with Crippen LogP contribution in [0.3, 0.4) is 0 Å². The Labute approximate surface area is 121 Å². The Morgan fingerprint density at radius 3 is 3.00 bits per heavy atom. The molecule has 20 heavy (non-hydrogen) atoms. The average molecular weight is 289 g/mol. The van der Waals surface area contributed by atoms with E-state index in [1.165, 1.54) is 0 Å². The summed E-state index contributed by atoms with van der Waals surface area (Å²) in [5.41, 5.74) is 3.20. The van der Waals surface area contributed by atoms with Crippen molar-refractivity contribution < 1.29 is 9.15 Å². The van der Waals surface area contributed by atoms with Gasteiger partial charge in [-0.1, -0.05) is 11.6 Å². The fourth-order valence-electron chi connectivity index (χ4n) is 2.00. The highest BCUT2D eigenvalue weighted by atomic mass is 35.5. The predicted octanol–water partition coefficient (Wildman–Crippen LogP) is 4.25. The minimum absolute atomic E-state index is 0.507. The van der Waals surface area contributed by atoms with Crippen LogP contribution in [0.25, 0.3) is 22.6 Å². The Morgan fingerprint density at radius 2 is 2.20 bits per heavy atom. The molecule has 1 aromatic carbocycles. The van der Waals surface area contributed by atoms with Crippen molar-refractivity contribution in [1.82, 2.24) is 9.97 Å². The zero-order valence-electron chi connectivity index (χ0n) is 11.2. The van der Waals surface area contributed by atoms with Crippen LogP contribution in [0.1, 0.15) is 12.5 Å². The molecule has 0 bridgehead atoms. The monoisotopic (exact) mass is 288 g/mol. The Balaban J connectivity index is 2.15. The molecular weight excluding hydrogens is 276 g/mol. The van der Waals surface area contributed by atoms with Crippen molar-refractivity contribution >= 4 is 22.7 Å². The van der Waals surface area contributed by atoms with Gasteiger partial charge >= 0.3 is 0 Å². The summed E-state index contributed by atoms with van der Waals surface area (Å²) in [6.07, 6.45) is 3.34. The predicted molar refractivity (Wildman–Crippen MR) is 78.2 cm³/mol. The zero-order valence-corrected chi connectivity index (χ0v) is 11.9. The molecule has 0 N–H and O–H groups in total. The van der Waals surface area contributed by atoms with Gasteiger partial charge in [0.25, 0.3) is 0 Å². The summed E-state index contributed by atoms with van der Waals surface area (Å²) in [6, 6.07) is 5.51. The maximum atomic E-state index is 6.10. The van der Waals surface area contributed by atoms with Crippen LogP contribution in [-0.2, 0) is 0 Å². The maximum absolute atomic E-state index is 6.10. The molecule has 0 unspecified atom stereocenters. The van der Waals surface area contributed by atoms with Gasteiger partial charge in [0, 0.05) is 17.3 Å². The van der Waals surface area contributed by atoms with Crippen molar-refractivity contribution in [1.29, 1.82) is 0 Å². The molecule has 102 valence electrons. The van der Waals surface area contributed by atoms with Gasteiger partial charge in [0.05, 0.1) is 18.4 Å². The van der Waals surface area contributed by atoms with Crippen LogP contribution in [0, 0.1) is 6.92 Å². The molecule has 0 fully saturated rings. The summed E-state index contributed by atoms with van der Waals surface area (Å²) in [4.78, 5) is 8.55. The Hall–Kier alpha value is -2.07. The van der Waals surface area contributed by atoms with Crippen molar-refractivity contribution in [2.45, 2.75) is 13.8 Å². The number of aryl methyl sites for hydroxylation is 1. The molecule has 2 aromatic heterocycles. The fraction of sp³-hybridized carbons (Fsp3) is 0.200. The maximum Gasteiger partial charge on any atom is 0.231 e. The third-order valence-electron chi connectivity index (χ3n) is 2.98. The largest absolute Gasteiger partial charge is 0.491 e. The van der Waals surface area contributed by atoms with Gasteiger partial charge in [-0.05, 0) is 31.5 Å². The summed E-state index contributed by atoms with van der Waals surface area (Å²) >= 11 is 6.10. The number of pyridine rings is 1. The van der Waals surface area contributed by atoms with Crippen molar-refractivity contribution in [2.75, 3.05) is 6.61 Å². The minimum Gasteiger partial charge on any atom is -0.491 e. The average Bonchev–Trinajstić information content (AvgIpc) is 2.83. The number of benzene rings is 1. The van der Waals surface area contributed by atoms with Gasteiger partial charge in [0.15, 0.2) is 5.58 Å². The summed E-state index contributed by atoms with van der Waals surface area (Å²) in [7, 11) is 0. The number of rotatable bonds is 3. The van der Waals surface area contributed by atoms with Crippen LogP contribution in [0.15, 0.2) is 35.0 Å². The van der Waals surface area contributed by atoms with Gasteiger partial charge in [-0.2, -0.15) is 0 Å². The molecule has 0 aliphatic heterocycles. The van der Waals surface area contributed by atoms with Gasteiger partial charge < -0.3 is 9.15 Å². The topological polar surface area (TPSA) is 48.2 Å². The van der Waals surface area contributed by atoms with E-state index in [9.17, 15) is 0 Å². The van der Waals surface area contributed by atoms with Crippen molar-refractivity contribution in [3.05, 3.63) is 41.2 Å². The van der Waals surface area contributed by atoms with Crippen LogP contribution < -0.4 is 4.74 Å². The van der Waals surface area contributed by atoms with Gasteiger partial charge in [-0.15, -0.1) is 0 Å². The molecule has 0 aliphatic carbocycles. The SMILES string of the molecule is CCOc1cnccc1-c1nc2cc(C)c(Cl)cc2o1. The van der Waals surface area contributed by atoms with E-state index in [4.69, 9.17) is 20.8 Å². The first kappa shape index (κ1) is 12.9. The molecule has 0 amide bonds. The summed E-state index contributed by atoms with van der Waals surface area (Å²) < 4.78 is 11.3. The lowest BCUT2D eigenvalue weighted by atomic mass is 10.2. The first-order valence-corrected chi connectivity index (χ1v) is 6.70. The Kier molecular flexibility index (Phi) is 3.32. The van der Waals surface area contributed by atoms with Crippen LogP contribution in [0.4, 0.5) is 0 Å². The van der Waals surface area contributed by atoms with E-state index in [1.54, 1.807) is 18.5 Å². The second kappa shape index (κ2) is 5.13. The highest BCUT2D eigenvalue weighted by molar-refractivity contribution is 6.32. The molecule has 4 nitrogen and oxygen atoms in total. The normalized spacial score (nSPS) is 10.9. The lowest BCUT2D eigenvalue weighted by molar-refractivity contribution is 0.339. The molecule has 2 heterocycles. The van der Waals surface area contributed by atoms with Gasteiger partial charge in [-0.3, -0.25) is 4.98 Å². The molecular formula is C15H13ClN2O2. The summed E-state index contributed by atoms with van der Waals surface area (Å²) in [5, 5.41) is 0.667. The third kappa shape index (κ3) is 2.23. The van der Waals surface area contributed by atoms with E-state index in [0.29, 0.717) is 28.9 Å². The van der Waals surface area contributed by atoms with E-state index >= 15 is 0 Å². The molecule has 0 atom stereocenters. The Bertz CT molecular complexity index is 729. The number of nitrogens with zero attached hydrogens (tertiary/aromatic N) is 2. The first-order chi connectivity index (χ1) is 9.69. The number of ether oxygens (including phenoxy) is 1. The van der Waals surface area contributed by atoms with Crippen LogP contribution >= 0.6 is 11.6 Å². The van der Waals surface area contributed by atoms with E-state index in [2.05, 4.69) is 9.97 Å². The van der Waals surface area contributed by atoms with Gasteiger partial charge in [0.2, 0.25) is 5.89 Å². The summed E-state index contributed by atoms with van der Waals surface area (Å²) in [6.45, 7) is 4.42. The lowest BCUT2D eigenvalue weighted by Gasteiger charge is -2.05. The molecule has 0 spiro atoms. The molecule has 0 aliphatic rings. The number of oxazole rings is 1. The molecule has 0 saturated heterocycles. The molecule has 3 aromatic rings. The summed E-state index contributed by atoms with van der Waals surface area (Å²) in [5.74, 6) is 1.16. The Morgan fingerprint density at radius 1 is 1.35 bits per heavy atom. The number of aromatic nitrogens is 2. The van der Waals surface area contributed by atoms with Gasteiger partial charge in [0.1, 0.15) is 11.3 Å². The highest BCUT2D eigenvalue weighted by Gasteiger charge is 2.14. The second-order valence-corrected chi connectivity index (χ2v) is 4.80. The van der Waals surface area contributed by atoms with E-state index < -0.39 is 0 Å². The van der Waals surface area contributed by atoms with Crippen LogP contribution in [0.2, 0.25) is 5.02 Å². The number of hydrogen-bond donors (Lipinski definition) is 0. The minimum atomic E-state index is 0.507. The van der Waals surface area contributed by atoms with Gasteiger partial charge in [-0.25, -0.2) is 4.98 Å². The molecule has 5 heteroatoms. The van der Waals surface area contributed by atoms with E-state index in [1.807, 2.05) is 26.0 Å². The smallest absolute Gasteiger partial charge is 0.231 e. The fourth-order valence-corrected chi connectivity index (χ4v) is 2.15. The van der Waals surface area contributed by atoms with Crippen LogP contribution in [0.5, 0.6) is 5.75 Å². The van der Waals surface area contributed by atoms with E-state index in [0.717, 1.165) is 16.6 Å². The van der Waals surface area contributed by atoms with Crippen LogP contribution in [-0.4, -0.2) is 16.6 Å². The number of fused-ring (bicyclic) bond motifs is 1. The first-order valence-electron chi connectivity index (χ1n) is 6.33. The zero-order chi connectivity index (χ0) is 14.1. The molecule has 0 radical (unpaired) electrons. The van der Waals surface area contributed by atoms with Crippen molar-refractivity contribution in [3.8, 4) is 17.2 Å². The molecule has 0 saturated carbocycles. The lowest BCUT2D eigenvalue weighted by Crippen LogP contribution is -1.94. The molecule has 3 rings (SSSR count). The number of hydrogen-bond acceptors (Lipinski definition) is 4. The second-order valence-electron chi connectivity index (χ2n) is 4.39. The van der Waals surface area contributed by atoms with Crippen molar-refractivity contribution in [3.63, 3.8) is 0 Å². The number of halogens is 1. The quantitative estimate of drug-likeness (QED) is 0.723. The van der Waals surface area contributed by atoms with Crippen molar-refractivity contribution in [2.24, 2.45) is 0 Å². The van der Waals surface area contributed by atoms with E-state index in [-0.39, 0.29) is 0 Å².